The number of benzene rings is 6. The summed E-state index contributed by atoms with van der Waals surface area (Å²) in [5, 5.41) is 2.27. The fourth-order valence-electron chi connectivity index (χ4n) is 6.86. The lowest BCUT2D eigenvalue weighted by Gasteiger charge is -2.47. The van der Waals surface area contributed by atoms with Crippen LogP contribution in [0.2, 0.25) is 0 Å². The van der Waals surface area contributed by atoms with Crippen LogP contribution in [0, 0.1) is 0 Å². The van der Waals surface area contributed by atoms with E-state index < -0.39 is 0 Å². The summed E-state index contributed by atoms with van der Waals surface area (Å²) in [6, 6.07) is 50.0. The molecule has 0 unspecified atom stereocenters. The quantitative estimate of drug-likeness (QED) is 0.217. The number of fused-ring (bicyclic) bond motifs is 7. The van der Waals surface area contributed by atoms with Crippen LogP contribution in [0.25, 0.3) is 44.2 Å². The SMILES string of the molecule is c1ccc(N2B3c4c(cccc4-c4ccccc4N3c3cccc4oc5ccccc5c34)-c3ccccc32)cc1. The Labute approximate surface area is 232 Å². The lowest BCUT2D eigenvalue weighted by atomic mass is 9.53. The zero-order valence-corrected chi connectivity index (χ0v) is 21.7. The van der Waals surface area contributed by atoms with Gasteiger partial charge in [0.15, 0.2) is 0 Å². The fourth-order valence-corrected chi connectivity index (χ4v) is 6.86. The van der Waals surface area contributed by atoms with Crippen LogP contribution in [0.15, 0.2) is 144 Å². The molecule has 3 heterocycles. The van der Waals surface area contributed by atoms with E-state index in [1.54, 1.807) is 0 Å². The van der Waals surface area contributed by atoms with E-state index in [0.29, 0.717) is 0 Å². The maximum atomic E-state index is 6.38. The van der Waals surface area contributed by atoms with Crippen molar-refractivity contribution in [1.29, 1.82) is 0 Å². The summed E-state index contributed by atoms with van der Waals surface area (Å²) in [4.78, 5) is 5.05. The van der Waals surface area contributed by atoms with Crippen LogP contribution >= 0.6 is 0 Å². The molecule has 0 atom stereocenters. The molecule has 0 saturated heterocycles. The molecule has 0 fully saturated rings. The van der Waals surface area contributed by atoms with Crippen molar-refractivity contribution in [3.8, 4) is 22.3 Å². The summed E-state index contributed by atoms with van der Waals surface area (Å²) >= 11 is 0. The van der Waals surface area contributed by atoms with Gasteiger partial charge in [-0.15, -0.1) is 0 Å². The molecule has 0 N–H and O–H groups in total. The molecule has 0 spiro atoms. The van der Waals surface area contributed by atoms with E-state index in [4.69, 9.17) is 4.42 Å². The molecule has 0 radical (unpaired) electrons. The lowest BCUT2D eigenvalue weighted by Crippen LogP contribution is -2.61. The van der Waals surface area contributed by atoms with Crippen molar-refractivity contribution in [3.63, 3.8) is 0 Å². The number of hydrogen-bond acceptors (Lipinski definition) is 3. The summed E-state index contributed by atoms with van der Waals surface area (Å²) in [5.74, 6) is 0. The molecule has 0 bridgehead atoms. The van der Waals surface area contributed by atoms with E-state index in [0.717, 1.165) is 33.3 Å². The first-order valence-electron chi connectivity index (χ1n) is 13.7. The average molecular weight is 510 g/mol. The topological polar surface area (TPSA) is 19.6 Å². The molecule has 7 aromatic rings. The Hall–Kier alpha value is -5.22. The van der Waals surface area contributed by atoms with Gasteiger partial charge in [0.05, 0.1) is 5.39 Å². The Kier molecular flexibility index (Phi) is 4.41. The highest BCUT2D eigenvalue weighted by atomic mass is 16.3. The molecule has 2 aliphatic heterocycles. The second-order valence-electron chi connectivity index (χ2n) is 10.5. The summed E-state index contributed by atoms with van der Waals surface area (Å²) < 4.78 is 6.38. The monoisotopic (exact) mass is 510 g/mol. The Morgan fingerprint density at radius 1 is 0.425 bits per heavy atom. The van der Waals surface area contributed by atoms with Gasteiger partial charge < -0.3 is 14.0 Å². The third-order valence-electron chi connectivity index (χ3n) is 8.44. The number of hydrogen-bond donors (Lipinski definition) is 0. The van der Waals surface area contributed by atoms with Gasteiger partial charge in [0.2, 0.25) is 0 Å². The number of anilines is 4. The predicted octanol–water partition coefficient (Wildman–Crippen LogP) is 8.92. The largest absolute Gasteiger partial charge is 0.456 e. The van der Waals surface area contributed by atoms with Crippen molar-refractivity contribution in [2.24, 2.45) is 0 Å². The van der Waals surface area contributed by atoms with Crippen LogP contribution in [0.5, 0.6) is 0 Å². The molecular formula is C36H23BN2O. The molecule has 1 aromatic heterocycles. The van der Waals surface area contributed by atoms with E-state index >= 15 is 0 Å². The van der Waals surface area contributed by atoms with Crippen molar-refractivity contribution in [2.45, 2.75) is 0 Å². The number of rotatable bonds is 2. The van der Waals surface area contributed by atoms with E-state index in [1.807, 2.05) is 6.07 Å². The maximum Gasteiger partial charge on any atom is 0.421 e. The molecule has 2 aliphatic rings. The van der Waals surface area contributed by atoms with Gasteiger partial charge >= 0.3 is 6.98 Å². The standard InChI is InChI=1S/C36H23BN2O/c1-2-12-24(13-3-1)38-30-19-7-4-14-25(30)27-17-10-18-28-26-15-5-8-20-31(26)39(37(38)36(27)28)32-21-11-23-34-35(32)29-16-6-9-22-33(29)40-34/h1-23H. The Bertz CT molecular complexity index is 2080. The van der Waals surface area contributed by atoms with Crippen molar-refractivity contribution in [1.82, 2.24) is 0 Å². The van der Waals surface area contributed by atoms with Crippen LogP contribution in [-0.4, -0.2) is 6.98 Å². The molecule has 40 heavy (non-hydrogen) atoms. The van der Waals surface area contributed by atoms with Gasteiger partial charge in [-0.2, -0.15) is 0 Å². The molecule has 0 saturated carbocycles. The molecule has 0 aliphatic carbocycles. The maximum absolute atomic E-state index is 6.38. The second-order valence-corrected chi connectivity index (χ2v) is 10.5. The van der Waals surface area contributed by atoms with Gasteiger partial charge in [-0.3, -0.25) is 0 Å². The second kappa shape index (κ2) is 8.14. The first-order valence-corrected chi connectivity index (χ1v) is 13.7. The van der Waals surface area contributed by atoms with Gasteiger partial charge in [-0.05, 0) is 59.1 Å². The molecule has 9 rings (SSSR count). The minimum absolute atomic E-state index is 0.0994. The van der Waals surface area contributed by atoms with Gasteiger partial charge in [0.1, 0.15) is 11.2 Å². The van der Waals surface area contributed by atoms with E-state index in [-0.39, 0.29) is 6.98 Å². The molecule has 3 nitrogen and oxygen atoms in total. The Balaban J connectivity index is 1.44. The summed E-state index contributed by atoms with van der Waals surface area (Å²) in [6.45, 7) is -0.0994. The van der Waals surface area contributed by atoms with Crippen LogP contribution in [-0.2, 0) is 0 Å². The van der Waals surface area contributed by atoms with E-state index in [1.165, 1.54) is 39.1 Å². The summed E-state index contributed by atoms with van der Waals surface area (Å²) in [7, 11) is 0. The number of para-hydroxylation sites is 4. The van der Waals surface area contributed by atoms with Crippen molar-refractivity contribution in [2.75, 3.05) is 9.62 Å². The highest BCUT2D eigenvalue weighted by molar-refractivity contribution is 6.86. The molecular weight excluding hydrogens is 487 g/mol. The van der Waals surface area contributed by atoms with Crippen molar-refractivity contribution < 1.29 is 4.42 Å². The molecule has 186 valence electrons. The Morgan fingerprint density at radius 2 is 0.975 bits per heavy atom. The van der Waals surface area contributed by atoms with Crippen LogP contribution < -0.4 is 15.1 Å². The van der Waals surface area contributed by atoms with Crippen molar-refractivity contribution >= 4 is 57.1 Å². The van der Waals surface area contributed by atoms with Crippen LogP contribution in [0.1, 0.15) is 0 Å². The van der Waals surface area contributed by atoms with Crippen LogP contribution in [0.4, 0.5) is 22.7 Å². The third-order valence-corrected chi connectivity index (χ3v) is 8.44. The lowest BCUT2D eigenvalue weighted by molar-refractivity contribution is 0.669. The van der Waals surface area contributed by atoms with Gasteiger partial charge in [0, 0.05) is 39.3 Å². The fraction of sp³-hybridized carbons (Fsp3) is 0. The Morgan fingerprint density at radius 3 is 1.75 bits per heavy atom. The van der Waals surface area contributed by atoms with Gasteiger partial charge in [0.25, 0.3) is 0 Å². The van der Waals surface area contributed by atoms with Gasteiger partial charge in [-0.1, -0.05) is 97.1 Å². The zero-order valence-electron chi connectivity index (χ0n) is 21.7. The molecule has 4 heteroatoms. The summed E-state index contributed by atoms with van der Waals surface area (Å²) in [6.07, 6.45) is 0. The number of nitrogens with zero attached hydrogens (tertiary/aromatic N) is 2. The highest BCUT2D eigenvalue weighted by Gasteiger charge is 2.47. The minimum atomic E-state index is -0.0994. The van der Waals surface area contributed by atoms with E-state index in [2.05, 4.69) is 143 Å². The average Bonchev–Trinajstić information content (AvgIpc) is 3.41. The first-order chi connectivity index (χ1) is 19.9. The van der Waals surface area contributed by atoms with E-state index in [9.17, 15) is 0 Å². The smallest absolute Gasteiger partial charge is 0.421 e. The van der Waals surface area contributed by atoms with Crippen molar-refractivity contribution in [3.05, 3.63) is 140 Å². The number of furan rings is 1. The summed E-state index contributed by atoms with van der Waals surface area (Å²) in [5.41, 5.74) is 12.9. The normalized spacial score (nSPS) is 13.3. The van der Waals surface area contributed by atoms with Crippen LogP contribution in [0.3, 0.4) is 0 Å². The highest BCUT2D eigenvalue weighted by Crippen LogP contribution is 2.50. The third kappa shape index (κ3) is 2.85. The molecule has 0 amide bonds. The predicted molar refractivity (Wildman–Crippen MR) is 167 cm³/mol. The minimum Gasteiger partial charge on any atom is -0.456 e. The first kappa shape index (κ1) is 21.7. The zero-order chi connectivity index (χ0) is 26.2. The van der Waals surface area contributed by atoms with Gasteiger partial charge in [-0.25, -0.2) is 0 Å². The molecule has 6 aromatic carbocycles.